The van der Waals surface area contributed by atoms with Crippen molar-refractivity contribution in [3.63, 3.8) is 0 Å². The van der Waals surface area contributed by atoms with E-state index >= 15 is 0 Å². The minimum Gasteiger partial charge on any atom is -0.329 e. The summed E-state index contributed by atoms with van der Waals surface area (Å²) in [4.78, 5) is 25.4. The van der Waals surface area contributed by atoms with E-state index in [1.54, 1.807) is 24.3 Å². The molecule has 5 nitrogen and oxygen atoms in total. The monoisotopic (exact) mass is 345 g/mol. The van der Waals surface area contributed by atoms with E-state index < -0.39 is 11.8 Å². The zero-order chi connectivity index (χ0) is 18.4. The summed E-state index contributed by atoms with van der Waals surface area (Å²) in [5, 5.41) is 2.52. The van der Waals surface area contributed by atoms with E-state index in [-0.39, 0.29) is 0 Å². The highest BCUT2D eigenvalue weighted by Crippen LogP contribution is 2.29. The van der Waals surface area contributed by atoms with Gasteiger partial charge in [0.15, 0.2) is 0 Å². The zero-order valence-corrected chi connectivity index (χ0v) is 14.9. The Balaban J connectivity index is 1.86. The van der Waals surface area contributed by atoms with Crippen LogP contribution in [0.2, 0.25) is 0 Å². The van der Waals surface area contributed by atoms with Crippen LogP contribution in [0.1, 0.15) is 32.0 Å². The van der Waals surface area contributed by atoms with Crippen LogP contribution in [-0.4, -0.2) is 20.8 Å². The van der Waals surface area contributed by atoms with Crippen LogP contribution < -0.4 is 5.32 Å². The van der Waals surface area contributed by atoms with Gasteiger partial charge in [-0.05, 0) is 49.2 Å². The summed E-state index contributed by atoms with van der Waals surface area (Å²) >= 11 is 0. The number of aromatic nitrogens is 2. The van der Waals surface area contributed by atoms with Gasteiger partial charge in [0.1, 0.15) is 11.3 Å². The molecule has 1 N–H and O–H groups in total. The number of fused-ring (bicyclic) bond motifs is 3. The van der Waals surface area contributed by atoms with E-state index in [0.29, 0.717) is 11.3 Å². The van der Waals surface area contributed by atoms with Crippen molar-refractivity contribution in [2.45, 2.75) is 13.8 Å². The third kappa shape index (κ3) is 2.24. The van der Waals surface area contributed by atoms with Gasteiger partial charge in [0.25, 0.3) is 11.8 Å². The molecule has 130 valence electrons. The Kier molecular flexibility index (Phi) is 3.65. The normalized spacial score (nSPS) is 11.2. The minimum absolute atomic E-state index is 0.393. The van der Waals surface area contributed by atoms with Crippen molar-refractivity contribution in [1.82, 2.24) is 14.3 Å². The molecule has 4 aromatic rings. The molecule has 26 heavy (non-hydrogen) atoms. The standard InChI is InChI=1S/C21H19N3O2/c1-13-14(2)21-23(3)16-11-7-8-12-17(16)24(21)18(13)20(26)22-19(25)15-9-5-4-6-10-15/h4-12H,1-3H3,(H,22,25,26). The quantitative estimate of drug-likeness (QED) is 0.564. The van der Waals surface area contributed by atoms with Crippen LogP contribution in [0, 0.1) is 13.8 Å². The van der Waals surface area contributed by atoms with Gasteiger partial charge in [0.2, 0.25) is 0 Å². The molecule has 2 aromatic carbocycles. The Morgan fingerprint density at radius 3 is 2.12 bits per heavy atom. The number of imidazole rings is 1. The molecule has 0 aliphatic rings. The SMILES string of the molecule is Cc1c(C)c2n(C)c3ccccc3n2c1C(=O)NC(=O)c1ccccc1. The average molecular weight is 345 g/mol. The van der Waals surface area contributed by atoms with Crippen LogP contribution in [0.15, 0.2) is 54.6 Å². The van der Waals surface area contributed by atoms with Gasteiger partial charge >= 0.3 is 0 Å². The number of imide groups is 1. The minimum atomic E-state index is -0.400. The number of rotatable bonds is 2. The van der Waals surface area contributed by atoms with E-state index in [0.717, 1.165) is 27.8 Å². The molecule has 0 fully saturated rings. The molecule has 2 heterocycles. The maximum atomic E-state index is 13.0. The number of aryl methyl sites for hydroxylation is 2. The van der Waals surface area contributed by atoms with Gasteiger partial charge in [0.05, 0.1) is 11.0 Å². The molecule has 0 unspecified atom stereocenters. The summed E-state index contributed by atoms with van der Waals surface area (Å²) in [6.45, 7) is 3.92. The van der Waals surface area contributed by atoms with E-state index in [4.69, 9.17) is 0 Å². The van der Waals surface area contributed by atoms with Gasteiger partial charge in [-0.15, -0.1) is 0 Å². The van der Waals surface area contributed by atoms with Gasteiger partial charge in [-0.25, -0.2) is 0 Å². The van der Waals surface area contributed by atoms with E-state index in [9.17, 15) is 9.59 Å². The van der Waals surface area contributed by atoms with Crippen LogP contribution in [0.4, 0.5) is 0 Å². The van der Waals surface area contributed by atoms with Crippen molar-refractivity contribution in [2.75, 3.05) is 0 Å². The van der Waals surface area contributed by atoms with Gasteiger partial charge in [-0.3, -0.25) is 19.3 Å². The van der Waals surface area contributed by atoms with Gasteiger partial charge in [0, 0.05) is 12.6 Å². The molecule has 0 saturated carbocycles. The number of nitrogens with one attached hydrogen (secondary N) is 1. The molecule has 4 rings (SSSR count). The number of benzene rings is 2. The summed E-state index contributed by atoms with van der Waals surface area (Å²) in [5.41, 5.74) is 5.80. The first kappa shape index (κ1) is 16.1. The fourth-order valence-corrected chi connectivity index (χ4v) is 3.57. The number of amides is 2. The Labute approximate surface area is 150 Å². The fraction of sp³-hybridized carbons (Fsp3) is 0.143. The maximum Gasteiger partial charge on any atom is 0.275 e. The van der Waals surface area contributed by atoms with Crippen molar-refractivity contribution in [2.24, 2.45) is 7.05 Å². The number of carbonyl (C=O) groups is 2. The molecule has 0 spiro atoms. The molecule has 0 radical (unpaired) electrons. The van der Waals surface area contributed by atoms with Gasteiger partial charge in [-0.2, -0.15) is 0 Å². The summed E-state index contributed by atoms with van der Waals surface area (Å²) < 4.78 is 4.01. The van der Waals surface area contributed by atoms with E-state index in [1.807, 2.05) is 55.6 Å². The third-order valence-corrected chi connectivity index (χ3v) is 4.97. The lowest BCUT2D eigenvalue weighted by atomic mass is 10.1. The molecule has 0 aliphatic carbocycles. The van der Waals surface area contributed by atoms with Crippen molar-refractivity contribution in [3.05, 3.63) is 77.0 Å². The Bertz CT molecular complexity index is 1170. The van der Waals surface area contributed by atoms with Crippen molar-refractivity contribution in [1.29, 1.82) is 0 Å². The highest BCUT2D eigenvalue weighted by Gasteiger charge is 2.24. The lowest BCUT2D eigenvalue weighted by Gasteiger charge is -2.06. The highest BCUT2D eigenvalue weighted by molar-refractivity contribution is 6.11. The molecular weight excluding hydrogens is 326 g/mol. The number of para-hydroxylation sites is 2. The van der Waals surface area contributed by atoms with Crippen molar-refractivity contribution < 1.29 is 9.59 Å². The molecule has 2 aromatic heterocycles. The fourth-order valence-electron chi connectivity index (χ4n) is 3.57. The second-order valence-electron chi connectivity index (χ2n) is 6.45. The smallest absolute Gasteiger partial charge is 0.275 e. The summed E-state index contributed by atoms with van der Waals surface area (Å²) in [7, 11) is 1.99. The van der Waals surface area contributed by atoms with Crippen molar-refractivity contribution in [3.8, 4) is 0 Å². The first-order chi connectivity index (χ1) is 12.5. The van der Waals surface area contributed by atoms with Gasteiger partial charge < -0.3 is 4.57 Å². The lowest BCUT2D eigenvalue weighted by molar-refractivity contribution is 0.0846. The van der Waals surface area contributed by atoms with Gasteiger partial charge in [-0.1, -0.05) is 30.3 Å². The lowest BCUT2D eigenvalue weighted by Crippen LogP contribution is -2.31. The second-order valence-corrected chi connectivity index (χ2v) is 6.45. The predicted molar refractivity (Wildman–Crippen MR) is 102 cm³/mol. The topological polar surface area (TPSA) is 55.5 Å². The van der Waals surface area contributed by atoms with Crippen LogP contribution in [0.5, 0.6) is 0 Å². The van der Waals surface area contributed by atoms with Crippen LogP contribution in [0.3, 0.4) is 0 Å². The average Bonchev–Trinajstić information content (AvgIpc) is 3.09. The Morgan fingerprint density at radius 2 is 1.42 bits per heavy atom. The second kappa shape index (κ2) is 5.88. The van der Waals surface area contributed by atoms with Crippen LogP contribution in [0.25, 0.3) is 16.7 Å². The molecular formula is C21H19N3O2. The summed E-state index contributed by atoms with van der Waals surface area (Å²) in [5.74, 6) is -0.793. The Morgan fingerprint density at radius 1 is 0.808 bits per heavy atom. The third-order valence-electron chi connectivity index (χ3n) is 4.97. The van der Waals surface area contributed by atoms with Crippen LogP contribution in [-0.2, 0) is 7.05 Å². The number of nitrogens with zero attached hydrogens (tertiary/aromatic N) is 2. The largest absolute Gasteiger partial charge is 0.329 e. The summed E-state index contributed by atoms with van der Waals surface area (Å²) in [6, 6.07) is 16.7. The molecule has 0 atom stereocenters. The van der Waals surface area contributed by atoms with E-state index in [1.165, 1.54) is 0 Å². The molecule has 5 heteroatoms. The number of hydrogen-bond donors (Lipinski definition) is 1. The highest BCUT2D eigenvalue weighted by atomic mass is 16.2. The maximum absolute atomic E-state index is 13.0. The first-order valence-electron chi connectivity index (χ1n) is 8.46. The Hall–Kier alpha value is -3.34. The first-order valence-corrected chi connectivity index (χ1v) is 8.46. The molecule has 2 amide bonds. The predicted octanol–water partition coefficient (Wildman–Crippen LogP) is 3.62. The molecule has 0 saturated heterocycles. The van der Waals surface area contributed by atoms with Crippen molar-refractivity contribution >= 4 is 28.5 Å². The number of carbonyl (C=O) groups excluding carboxylic acids is 2. The number of hydrogen-bond acceptors (Lipinski definition) is 2. The van der Waals surface area contributed by atoms with E-state index in [2.05, 4.69) is 9.88 Å². The summed E-state index contributed by atoms with van der Waals surface area (Å²) in [6.07, 6.45) is 0. The molecule has 0 bridgehead atoms. The zero-order valence-electron chi connectivity index (χ0n) is 14.9. The molecule has 0 aliphatic heterocycles. The van der Waals surface area contributed by atoms with Crippen LogP contribution >= 0.6 is 0 Å².